The number of hydrogen-bond donors (Lipinski definition) is 3. The predicted octanol–water partition coefficient (Wildman–Crippen LogP) is 2.22. The van der Waals surface area contributed by atoms with E-state index in [2.05, 4.69) is 10.6 Å². The lowest BCUT2D eigenvalue weighted by atomic mass is 10.1. The van der Waals surface area contributed by atoms with Crippen LogP contribution in [0.1, 0.15) is 28.4 Å². The van der Waals surface area contributed by atoms with E-state index >= 15 is 0 Å². The van der Waals surface area contributed by atoms with Gasteiger partial charge >= 0.3 is 0 Å². The summed E-state index contributed by atoms with van der Waals surface area (Å²) in [5.74, 6) is -0.655. The average molecular weight is 392 g/mol. The van der Waals surface area contributed by atoms with Crippen LogP contribution in [0.3, 0.4) is 0 Å². The molecule has 9 heteroatoms. The number of halogens is 1. The molecule has 0 radical (unpaired) electrons. The molecular formula is C18H18ClN3O5. The second-order valence-electron chi connectivity index (χ2n) is 5.68. The van der Waals surface area contributed by atoms with Gasteiger partial charge in [-0.1, -0.05) is 11.6 Å². The van der Waals surface area contributed by atoms with Gasteiger partial charge in [-0.25, -0.2) is 0 Å². The Morgan fingerprint density at radius 2 is 1.70 bits per heavy atom. The monoisotopic (exact) mass is 391 g/mol. The molecule has 0 aliphatic carbocycles. The van der Waals surface area contributed by atoms with Crippen molar-refractivity contribution < 1.29 is 19.6 Å². The number of aliphatic hydroxyl groups is 1. The number of carbonyl (C=O) groups excluding carboxylic acids is 2. The number of nitrogens with zero attached hydrogens (tertiary/aromatic N) is 1. The van der Waals surface area contributed by atoms with Crippen molar-refractivity contribution in [1.29, 1.82) is 0 Å². The first-order valence-corrected chi connectivity index (χ1v) is 8.47. The van der Waals surface area contributed by atoms with Crippen molar-refractivity contribution in [3.8, 4) is 0 Å². The van der Waals surface area contributed by atoms with E-state index in [4.69, 9.17) is 11.6 Å². The summed E-state index contributed by atoms with van der Waals surface area (Å²) in [5.41, 5.74) is 0.816. The number of benzene rings is 2. The van der Waals surface area contributed by atoms with Crippen molar-refractivity contribution in [2.45, 2.75) is 12.5 Å². The second-order valence-corrected chi connectivity index (χ2v) is 6.12. The van der Waals surface area contributed by atoms with E-state index in [0.29, 0.717) is 16.1 Å². The van der Waals surface area contributed by atoms with Crippen LogP contribution in [0.5, 0.6) is 0 Å². The third-order valence-corrected chi connectivity index (χ3v) is 3.98. The minimum absolute atomic E-state index is 0.0399. The van der Waals surface area contributed by atoms with Crippen LogP contribution in [0.25, 0.3) is 0 Å². The largest absolute Gasteiger partial charge is 0.387 e. The normalized spacial score (nSPS) is 11.5. The smallest absolute Gasteiger partial charge is 0.269 e. The van der Waals surface area contributed by atoms with Gasteiger partial charge in [-0.15, -0.1) is 0 Å². The summed E-state index contributed by atoms with van der Waals surface area (Å²) in [6, 6.07) is 11.8. The third kappa shape index (κ3) is 6.36. The number of nitro groups is 1. The van der Waals surface area contributed by atoms with E-state index < -0.39 is 11.0 Å². The van der Waals surface area contributed by atoms with Crippen molar-refractivity contribution in [3.63, 3.8) is 0 Å². The van der Waals surface area contributed by atoms with Crippen LogP contribution in [0.2, 0.25) is 5.02 Å². The van der Waals surface area contributed by atoms with Crippen molar-refractivity contribution in [2.24, 2.45) is 0 Å². The number of amides is 2. The zero-order chi connectivity index (χ0) is 19.8. The van der Waals surface area contributed by atoms with Crippen LogP contribution in [0.15, 0.2) is 48.5 Å². The maximum Gasteiger partial charge on any atom is 0.269 e. The molecule has 27 heavy (non-hydrogen) atoms. The van der Waals surface area contributed by atoms with E-state index in [0.717, 1.165) is 0 Å². The zero-order valence-electron chi connectivity index (χ0n) is 14.2. The van der Waals surface area contributed by atoms with E-state index in [-0.39, 0.29) is 37.0 Å². The second kappa shape index (κ2) is 9.65. The molecule has 0 aliphatic heterocycles. The molecule has 0 aliphatic rings. The molecule has 0 fully saturated rings. The standard InChI is InChI=1S/C18H18ClN3O5/c19-14-5-1-13(2-6-14)18(25)20-10-9-17(24)21-11-16(23)12-3-7-15(8-4-12)22(26)27/h1-8,16,23H,9-11H2,(H,20,25)(H,21,24)/t16-/m0/s1. The molecule has 0 saturated heterocycles. The maximum atomic E-state index is 11.9. The van der Waals surface area contributed by atoms with Gasteiger partial charge in [0.15, 0.2) is 0 Å². The van der Waals surface area contributed by atoms with Crippen LogP contribution in [-0.2, 0) is 4.79 Å². The fraction of sp³-hybridized carbons (Fsp3) is 0.222. The highest BCUT2D eigenvalue weighted by molar-refractivity contribution is 6.30. The highest BCUT2D eigenvalue weighted by atomic mass is 35.5. The van der Waals surface area contributed by atoms with Crippen LogP contribution in [0.4, 0.5) is 5.69 Å². The highest BCUT2D eigenvalue weighted by Crippen LogP contribution is 2.17. The Hall–Kier alpha value is -2.97. The Morgan fingerprint density at radius 3 is 2.30 bits per heavy atom. The summed E-state index contributed by atoms with van der Waals surface area (Å²) < 4.78 is 0. The Labute approximate surface area is 160 Å². The van der Waals surface area contributed by atoms with Crippen LogP contribution >= 0.6 is 11.6 Å². The molecule has 2 rings (SSSR count). The van der Waals surface area contributed by atoms with Gasteiger partial charge in [-0.2, -0.15) is 0 Å². The van der Waals surface area contributed by atoms with Gasteiger partial charge in [-0.3, -0.25) is 19.7 Å². The first kappa shape index (κ1) is 20.3. The molecule has 0 heterocycles. The number of nitrogens with one attached hydrogen (secondary N) is 2. The molecule has 0 unspecified atom stereocenters. The fourth-order valence-corrected chi connectivity index (χ4v) is 2.35. The number of nitro benzene ring substituents is 1. The van der Waals surface area contributed by atoms with Gasteiger partial charge < -0.3 is 15.7 Å². The van der Waals surface area contributed by atoms with Crippen LogP contribution < -0.4 is 10.6 Å². The molecule has 2 aromatic rings. The molecule has 0 spiro atoms. The quantitative estimate of drug-likeness (QED) is 0.470. The number of aliphatic hydroxyl groups excluding tert-OH is 1. The number of non-ortho nitro benzene ring substituents is 1. The van der Waals surface area contributed by atoms with Gasteiger partial charge in [0.05, 0.1) is 11.0 Å². The van der Waals surface area contributed by atoms with E-state index in [1.54, 1.807) is 24.3 Å². The van der Waals surface area contributed by atoms with E-state index in [9.17, 15) is 24.8 Å². The molecule has 0 bridgehead atoms. The van der Waals surface area contributed by atoms with Crippen molar-refractivity contribution in [2.75, 3.05) is 13.1 Å². The molecule has 2 amide bonds. The molecule has 1 atom stereocenters. The summed E-state index contributed by atoms with van der Waals surface area (Å²) in [7, 11) is 0. The number of rotatable bonds is 8. The van der Waals surface area contributed by atoms with Gasteiger partial charge in [0, 0.05) is 42.2 Å². The molecule has 0 aromatic heterocycles. The Morgan fingerprint density at radius 1 is 1.07 bits per heavy atom. The predicted molar refractivity (Wildman–Crippen MR) is 99.5 cm³/mol. The first-order valence-electron chi connectivity index (χ1n) is 8.09. The topological polar surface area (TPSA) is 122 Å². The van der Waals surface area contributed by atoms with Crippen molar-refractivity contribution >= 4 is 29.1 Å². The lowest BCUT2D eigenvalue weighted by Gasteiger charge is -2.12. The summed E-state index contributed by atoms with van der Waals surface area (Å²) in [5, 5.41) is 26.3. The summed E-state index contributed by atoms with van der Waals surface area (Å²) in [4.78, 5) is 33.8. The highest BCUT2D eigenvalue weighted by Gasteiger charge is 2.12. The van der Waals surface area contributed by atoms with Gasteiger partial charge in [-0.05, 0) is 42.0 Å². The van der Waals surface area contributed by atoms with Crippen molar-refractivity contribution in [1.82, 2.24) is 10.6 Å². The van der Waals surface area contributed by atoms with E-state index in [1.807, 2.05) is 0 Å². The summed E-state index contributed by atoms with van der Waals surface area (Å²) in [6.45, 7) is 0.0999. The summed E-state index contributed by atoms with van der Waals surface area (Å²) in [6.07, 6.45) is -0.940. The molecule has 142 valence electrons. The minimum atomic E-state index is -0.988. The lowest BCUT2D eigenvalue weighted by Crippen LogP contribution is -2.32. The SMILES string of the molecule is O=C(CCNC(=O)c1ccc(Cl)cc1)NC[C@H](O)c1ccc([N+](=O)[O-])cc1. The number of carbonyl (C=O) groups is 2. The third-order valence-electron chi connectivity index (χ3n) is 3.73. The molecular weight excluding hydrogens is 374 g/mol. The Kier molecular flexibility index (Phi) is 7.27. The number of hydrogen-bond acceptors (Lipinski definition) is 5. The van der Waals surface area contributed by atoms with Crippen molar-refractivity contribution in [3.05, 3.63) is 74.8 Å². The molecule has 2 aromatic carbocycles. The average Bonchev–Trinajstić information content (AvgIpc) is 2.66. The Bertz CT molecular complexity index is 809. The fourth-order valence-electron chi connectivity index (χ4n) is 2.23. The van der Waals surface area contributed by atoms with Gasteiger partial charge in [0.25, 0.3) is 11.6 Å². The Balaban J connectivity index is 1.71. The zero-order valence-corrected chi connectivity index (χ0v) is 15.0. The molecule has 8 nitrogen and oxygen atoms in total. The summed E-state index contributed by atoms with van der Waals surface area (Å²) >= 11 is 5.75. The van der Waals surface area contributed by atoms with Gasteiger partial charge in [0.1, 0.15) is 0 Å². The first-order chi connectivity index (χ1) is 12.9. The lowest BCUT2D eigenvalue weighted by molar-refractivity contribution is -0.384. The van der Waals surface area contributed by atoms with E-state index in [1.165, 1.54) is 24.3 Å². The molecule has 0 saturated carbocycles. The minimum Gasteiger partial charge on any atom is -0.387 e. The van der Waals surface area contributed by atoms with Gasteiger partial charge in [0.2, 0.25) is 5.91 Å². The van der Waals surface area contributed by atoms with Crippen LogP contribution in [0, 0.1) is 10.1 Å². The van der Waals surface area contributed by atoms with Crippen LogP contribution in [-0.4, -0.2) is 34.9 Å². The molecule has 3 N–H and O–H groups in total. The maximum absolute atomic E-state index is 11.9.